The van der Waals surface area contributed by atoms with E-state index < -0.39 is 0 Å². The van der Waals surface area contributed by atoms with E-state index in [1.807, 2.05) is 24.3 Å². The van der Waals surface area contributed by atoms with Crippen LogP contribution < -0.4 is 15.2 Å². The molecule has 0 heterocycles. The van der Waals surface area contributed by atoms with E-state index >= 15 is 0 Å². The van der Waals surface area contributed by atoms with E-state index in [9.17, 15) is 0 Å². The molecule has 0 unspecified atom stereocenters. The molecule has 0 atom stereocenters. The lowest BCUT2D eigenvalue weighted by atomic mass is 10.1. The number of methoxy groups -OCH3 is 2. The summed E-state index contributed by atoms with van der Waals surface area (Å²) in [6.07, 6.45) is 6.21. The van der Waals surface area contributed by atoms with Crippen LogP contribution in [0.4, 0.5) is 0 Å². The summed E-state index contributed by atoms with van der Waals surface area (Å²) in [5.74, 6) is 1.50. The van der Waals surface area contributed by atoms with E-state index in [2.05, 4.69) is 5.16 Å². The third-order valence-electron chi connectivity index (χ3n) is 2.96. The molecule has 100 valence electrons. The maximum atomic E-state index is 8.48. The van der Waals surface area contributed by atoms with Gasteiger partial charge in [0, 0.05) is 0 Å². The summed E-state index contributed by atoms with van der Waals surface area (Å²) in [4.78, 5) is 0. The van der Waals surface area contributed by atoms with Crippen molar-refractivity contribution in [1.82, 2.24) is 0 Å². The largest absolute Gasteiger partial charge is 0.493 e. The van der Waals surface area contributed by atoms with Crippen LogP contribution in [0.3, 0.4) is 0 Å². The van der Waals surface area contributed by atoms with Gasteiger partial charge in [-0.1, -0.05) is 17.3 Å². The highest BCUT2D eigenvalue weighted by molar-refractivity contribution is 5.91. The molecule has 0 aliphatic heterocycles. The van der Waals surface area contributed by atoms with Crippen LogP contribution in [0.1, 0.15) is 11.1 Å². The molecule has 1 aromatic carbocycles. The third kappa shape index (κ3) is 2.70. The summed E-state index contributed by atoms with van der Waals surface area (Å²) in [7, 11) is 3.23. The van der Waals surface area contributed by atoms with Gasteiger partial charge < -0.3 is 20.4 Å². The summed E-state index contributed by atoms with van der Waals surface area (Å²) in [6.45, 7) is 0. The van der Waals surface area contributed by atoms with Gasteiger partial charge in [-0.05, 0) is 41.3 Å². The minimum atomic E-state index is 0.0759. The van der Waals surface area contributed by atoms with Crippen molar-refractivity contribution in [1.29, 1.82) is 0 Å². The highest BCUT2D eigenvalue weighted by Crippen LogP contribution is 2.36. The Balaban J connectivity index is 2.26. The molecule has 19 heavy (non-hydrogen) atoms. The van der Waals surface area contributed by atoms with Gasteiger partial charge in [0.2, 0.25) is 0 Å². The zero-order chi connectivity index (χ0) is 13.8. The first-order valence-corrected chi connectivity index (χ1v) is 5.79. The molecule has 0 spiro atoms. The Morgan fingerprint density at radius 3 is 2.63 bits per heavy atom. The van der Waals surface area contributed by atoms with Crippen LogP contribution in [0.5, 0.6) is 11.5 Å². The molecule has 0 radical (unpaired) electrons. The minimum absolute atomic E-state index is 0.0759. The van der Waals surface area contributed by atoms with Gasteiger partial charge in [0.25, 0.3) is 0 Å². The van der Waals surface area contributed by atoms with Gasteiger partial charge >= 0.3 is 0 Å². The number of amidine groups is 1. The van der Waals surface area contributed by atoms with Crippen molar-refractivity contribution in [2.24, 2.45) is 10.9 Å². The Hall–Kier alpha value is -2.43. The Bertz CT molecular complexity index is 574. The maximum absolute atomic E-state index is 8.48. The molecule has 5 nitrogen and oxygen atoms in total. The molecule has 3 N–H and O–H groups in total. The van der Waals surface area contributed by atoms with Gasteiger partial charge in [-0.15, -0.1) is 0 Å². The summed E-state index contributed by atoms with van der Waals surface area (Å²) in [5.41, 5.74) is 8.73. The smallest absolute Gasteiger partial charge is 0.162 e. The number of rotatable bonds is 4. The summed E-state index contributed by atoms with van der Waals surface area (Å²) < 4.78 is 10.5. The number of benzene rings is 1. The van der Waals surface area contributed by atoms with E-state index in [1.54, 1.807) is 20.3 Å². The maximum Gasteiger partial charge on any atom is 0.162 e. The van der Waals surface area contributed by atoms with Crippen LogP contribution >= 0.6 is 0 Å². The Morgan fingerprint density at radius 1 is 1.32 bits per heavy atom. The fourth-order valence-electron chi connectivity index (χ4n) is 2.03. The number of hydrogen-bond donors (Lipinski definition) is 2. The average Bonchev–Trinajstić information content (AvgIpc) is 2.84. The lowest BCUT2D eigenvalue weighted by molar-refractivity contribution is 0.319. The van der Waals surface area contributed by atoms with E-state index in [0.717, 1.165) is 28.9 Å². The first-order valence-electron chi connectivity index (χ1n) is 5.79. The second-order valence-electron chi connectivity index (χ2n) is 4.16. The lowest BCUT2D eigenvalue weighted by Gasteiger charge is -2.09. The summed E-state index contributed by atoms with van der Waals surface area (Å²) in [5, 5.41) is 11.4. The van der Waals surface area contributed by atoms with E-state index in [-0.39, 0.29) is 5.84 Å². The molecule has 1 aliphatic rings. The molecule has 0 saturated heterocycles. The average molecular weight is 260 g/mol. The second kappa shape index (κ2) is 5.48. The highest BCUT2D eigenvalue weighted by atomic mass is 16.5. The Morgan fingerprint density at radius 2 is 2.00 bits per heavy atom. The zero-order valence-electron chi connectivity index (χ0n) is 10.9. The number of oxime groups is 1. The fourth-order valence-corrected chi connectivity index (χ4v) is 2.03. The first-order chi connectivity index (χ1) is 9.17. The standard InChI is InChI=1S/C14H16N2O3/c1-18-12-7-10-5-9(3-4-14(15)16-17)6-11(10)8-13(12)19-2/h3-5,7-8,17H,6H2,1-2H3,(H2,15,16). The molecular weight excluding hydrogens is 244 g/mol. The Labute approximate surface area is 111 Å². The second-order valence-corrected chi connectivity index (χ2v) is 4.16. The summed E-state index contributed by atoms with van der Waals surface area (Å²) in [6, 6.07) is 3.91. The van der Waals surface area contributed by atoms with Gasteiger partial charge in [-0.2, -0.15) is 0 Å². The van der Waals surface area contributed by atoms with Crippen molar-refractivity contribution in [2.75, 3.05) is 14.2 Å². The van der Waals surface area contributed by atoms with Crippen LogP contribution in [0.25, 0.3) is 6.08 Å². The molecule has 0 amide bonds. The number of ether oxygens (including phenoxy) is 2. The van der Waals surface area contributed by atoms with Gasteiger partial charge in [0.15, 0.2) is 17.3 Å². The number of nitrogens with two attached hydrogens (primary N) is 1. The first kappa shape index (κ1) is 13.0. The van der Waals surface area contributed by atoms with Crippen molar-refractivity contribution in [3.05, 3.63) is 41.0 Å². The van der Waals surface area contributed by atoms with Crippen LogP contribution in [0, 0.1) is 0 Å². The van der Waals surface area contributed by atoms with Crippen molar-refractivity contribution in [2.45, 2.75) is 6.42 Å². The topological polar surface area (TPSA) is 77.1 Å². The SMILES string of the molecule is COc1cc2c(cc1OC)CC(C=CC(N)=NO)=C2. The molecular formula is C14H16N2O3. The predicted octanol–water partition coefficient (Wildman–Crippen LogP) is 1.95. The van der Waals surface area contributed by atoms with Gasteiger partial charge in [0.05, 0.1) is 14.2 Å². The number of hydrogen-bond acceptors (Lipinski definition) is 4. The number of nitrogens with zero attached hydrogens (tertiary/aromatic N) is 1. The molecule has 5 heteroatoms. The zero-order valence-corrected chi connectivity index (χ0v) is 10.9. The predicted molar refractivity (Wildman–Crippen MR) is 73.8 cm³/mol. The van der Waals surface area contributed by atoms with Crippen molar-refractivity contribution >= 4 is 11.9 Å². The molecule has 0 saturated carbocycles. The monoisotopic (exact) mass is 260 g/mol. The van der Waals surface area contributed by atoms with Crippen molar-refractivity contribution in [3.8, 4) is 11.5 Å². The van der Waals surface area contributed by atoms with E-state index in [1.165, 1.54) is 0 Å². The number of fused-ring (bicyclic) bond motifs is 1. The molecule has 0 aromatic heterocycles. The van der Waals surface area contributed by atoms with E-state index in [4.69, 9.17) is 20.4 Å². The van der Waals surface area contributed by atoms with Crippen molar-refractivity contribution < 1.29 is 14.7 Å². The lowest BCUT2D eigenvalue weighted by Crippen LogP contribution is -2.06. The van der Waals surface area contributed by atoms with Crippen LogP contribution in [0.15, 0.2) is 35.0 Å². The van der Waals surface area contributed by atoms with Crippen LogP contribution in [-0.2, 0) is 6.42 Å². The van der Waals surface area contributed by atoms with E-state index in [0.29, 0.717) is 5.75 Å². The molecule has 0 fully saturated rings. The van der Waals surface area contributed by atoms with Crippen LogP contribution in [0.2, 0.25) is 0 Å². The molecule has 2 rings (SSSR count). The highest BCUT2D eigenvalue weighted by Gasteiger charge is 2.15. The molecule has 1 aliphatic carbocycles. The fraction of sp³-hybridized carbons (Fsp3) is 0.214. The minimum Gasteiger partial charge on any atom is -0.493 e. The van der Waals surface area contributed by atoms with Crippen molar-refractivity contribution in [3.63, 3.8) is 0 Å². The third-order valence-corrected chi connectivity index (χ3v) is 2.96. The normalized spacial score (nSPS) is 14.4. The van der Waals surface area contributed by atoms with Gasteiger partial charge in [-0.3, -0.25) is 0 Å². The van der Waals surface area contributed by atoms with Gasteiger partial charge in [-0.25, -0.2) is 0 Å². The van der Waals surface area contributed by atoms with Crippen LogP contribution in [-0.4, -0.2) is 25.3 Å². The molecule has 0 bridgehead atoms. The summed E-state index contributed by atoms with van der Waals surface area (Å²) >= 11 is 0. The number of allylic oxidation sites excluding steroid dienone is 2. The van der Waals surface area contributed by atoms with Gasteiger partial charge in [0.1, 0.15) is 0 Å². The quantitative estimate of drug-likeness (QED) is 0.375. The molecule has 1 aromatic rings. The Kier molecular flexibility index (Phi) is 3.75.